The summed E-state index contributed by atoms with van der Waals surface area (Å²) in [7, 11) is -5.24. The van der Waals surface area contributed by atoms with Gasteiger partial charge in [-0.1, -0.05) is 11.6 Å². The highest BCUT2D eigenvalue weighted by atomic mass is 35.5. The first-order valence-electron chi connectivity index (χ1n) is 6.70. The van der Waals surface area contributed by atoms with Crippen molar-refractivity contribution in [2.45, 2.75) is 18.3 Å². The second-order valence-electron chi connectivity index (χ2n) is 5.11. The third-order valence-electron chi connectivity index (χ3n) is 3.49. The molecule has 2 rings (SSSR count). The van der Waals surface area contributed by atoms with Gasteiger partial charge in [-0.3, -0.25) is 0 Å². The van der Waals surface area contributed by atoms with Crippen LogP contribution in [0.15, 0.2) is 6.07 Å². The highest BCUT2D eigenvalue weighted by Gasteiger charge is 2.50. The smallest absolute Gasteiger partial charge is 0.370 e. The van der Waals surface area contributed by atoms with Crippen LogP contribution in [-0.2, 0) is 10.0 Å². The summed E-state index contributed by atoms with van der Waals surface area (Å²) >= 11 is 5.73. The van der Waals surface area contributed by atoms with Crippen molar-refractivity contribution in [3.63, 3.8) is 0 Å². The molecule has 130 valence electrons. The van der Waals surface area contributed by atoms with Gasteiger partial charge >= 0.3 is 15.5 Å². The van der Waals surface area contributed by atoms with Crippen molar-refractivity contribution in [2.24, 2.45) is 5.92 Å². The lowest BCUT2D eigenvalue weighted by molar-refractivity contribution is -0.0496. The van der Waals surface area contributed by atoms with Crippen LogP contribution in [0.2, 0.25) is 5.15 Å². The number of hydrogen-bond acceptors (Lipinski definition) is 6. The Hall–Kier alpha value is -1.33. The van der Waals surface area contributed by atoms with E-state index in [1.807, 2.05) is 0 Å². The largest absolute Gasteiger partial charge is 0.511 e. The number of halogens is 4. The molecule has 0 bridgehead atoms. The van der Waals surface area contributed by atoms with Crippen molar-refractivity contribution in [2.75, 3.05) is 30.7 Å². The summed E-state index contributed by atoms with van der Waals surface area (Å²) in [6.07, 6.45) is 0.632. The molecule has 2 heterocycles. The van der Waals surface area contributed by atoms with Crippen molar-refractivity contribution in [3.05, 3.63) is 11.2 Å². The first kappa shape index (κ1) is 18.0. The topological polar surface area (TPSA) is 101 Å². The number of sulfonamides is 1. The first-order valence-corrected chi connectivity index (χ1v) is 8.52. The number of anilines is 2. The second kappa shape index (κ2) is 6.65. The number of piperidine rings is 1. The Bertz CT molecular complexity index is 642. The standard InChI is InChI=1S/C11H15ClF3N5O2S/c12-8-5-9(19-10(16)18-8)17-6-7-1-3-20(4-2-7)23(21,22)11(13,14)15/h5,7H,1-4,6H2,(H3,16,17,18,19). The molecule has 1 fully saturated rings. The van der Waals surface area contributed by atoms with Gasteiger partial charge in [-0.2, -0.15) is 22.5 Å². The molecule has 0 aromatic carbocycles. The minimum atomic E-state index is -5.26. The van der Waals surface area contributed by atoms with Crippen LogP contribution in [0.5, 0.6) is 0 Å². The Kier molecular flexibility index (Phi) is 5.21. The molecule has 1 aliphatic heterocycles. The first-order chi connectivity index (χ1) is 10.6. The molecule has 12 heteroatoms. The van der Waals surface area contributed by atoms with Gasteiger partial charge in [0, 0.05) is 25.7 Å². The number of nitrogen functional groups attached to an aromatic ring is 1. The summed E-state index contributed by atoms with van der Waals surface area (Å²) in [6.45, 7) is 0.0917. The van der Waals surface area contributed by atoms with Gasteiger partial charge in [-0.15, -0.1) is 0 Å². The molecule has 1 saturated heterocycles. The van der Waals surface area contributed by atoms with Gasteiger partial charge < -0.3 is 11.1 Å². The van der Waals surface area contributed by atoms with Gasteiger partial charge in [-0.05, 0) is 18.8 Å². The van der Waals surface area contributed by atoms with E-state index in [2.05, 4.69) is 15.3 Å². The van der Waals surface area contributed by atoms with Gasteiger partial charge in [0.05, 0.1) is 0 Å². The molecule has 0 saturated carbocycles. The van der Waals surface area contributed by atoms with E-state index < -0.39 is 15.5 Å². The highest BCUT2D eigenvalue weighted by molar-refractivity contribution is 7.90. The molecular formula is C11H15ClF3N5O2S. The Morgan fingerprint density at radius 3 is 2.48 bits per heavy atom. The van der Waals surface area contributed by atoms with E-state index in [1.165, 1.54) is 6.07 Å². The van der Waals surface area contributed by atoms with Gasteiger partial charge in [-0.25, -0.2) is 13.4 Å². The average molecular weight is 374 g/mol. The molecule has 0 unspecified atom stereocenters. The number of nitrogens with zero attached hydrogens (tertiary/aromatic N) is 3. The minimum absolute atomic E-state index is 0.00564. The number of nitrogens with two attached hydrogens (primary N) is 1. The van der Waals surface area contributed by atoms with Gasteiger partial charge in [0.15, 0.2) is 0 Å². The summed E-state index contributed by atoms with van der Waals surface area (Å²) < 4.78 is 60.5. The molecule has 3 N–H and O–H groups in total. The molecule has 0 radical (unpaired) electrons. The Labute approximate surface area is 136 Å². The lowest BCUT2D eigenvalue weighted by Gasteiger charge is -2.31. The van der Waals surface area contributed by atoms with E-state index in [1.54, 1.807) is 0 Å². The SMILES string of the molecule is Nc1nc(Cl)cc(NCC2CCN(S(=O)(=O)C(F)(F)F)CC2)n1. The number of aromatic nitrogens is 2. The van der Waals surface area contributed by atoms with Crippen molar-refractivity contribution in [3.8, 4) is 0 Å². The van der Waals surface area contributed by atoms with Crippen LogP contribution >= 0.6 is 11.6 Å². The van der Waals surface area contributed by atoms with Crippen LogP contribution in [0.4, 0.5) is 24.9 Å². The Morgan fingerprint density at radius 1 is 1.35 bits per heavy atom. The van der Waals surface area contributed by atoms with Crippen LogP contribution < -0.4 is 11.1 Å². The maximum atomic E-state index is 12.5. The van der Waals surface area contributed by atoms with E-state index >= 15 is 0 Å². The normalized spacial score (nSPS) is 18.1. The summed E-state index contributed by atoms with van der Waals surface area (Å²) in [5.41, 5.74) is 0.192. The van der Waals surface area contributed by atoms with Crippen molar-refractivity contribution < 1.29 is 21.6 Å². The summed E-state index contributed by atoms with van der Waals surface area (Å²) in [4.78, 5) is 7.62. The van der Waals surface area contributed by atoms with Crippen LogP contribution in [0.3, 0.4) is 0 Å². The van der Waals surface area contributed by atoms with Gasteiger partial charge in [0.2, 0.25) is 5.95 Å². The second-order valence-corrected chi connectivity index (χ2v) is 7.42. The maximum Gasteiger partial charge on any atom is 0.511 e. The molecular weight excluding hydrogens is 359 g/mol. The number of nitrogens with one attached hydrogen (secondary N) is 1. The van der Waals surface area contributed by atoms with Crippen molar-refractivity contribution >= 4 is 33.4 Å². The highest BCUT2D eigenvalue weighted by Crippen LogP contribution is 2.30. The van der Waals surface area contributed by atoms with E-state index in [4.69, 9.17) is 17.3 Å². The van der Waals surface area contributed by atoms with Crippen LogP contribution in [0, 0.1) is 5.92 Å². The molecule has 0 aliphatic carbocycles. The fourth-order valence-corrected chi connectivity index (χ4v) is 3.45. The number of hydrogen-bond donors (Lipinski definition) is 2. The molecule has 1 aliphatic rings. The van der Waals surface area contributed by atoms with Crippen LogP contribution in [-0.4, -0.2) is 47.8 Å². The minimum Gasteiger partial charge on any atom is -0.370 e. The molecule has 1 aromatic rings. The molecule has 1 aromatic heterocycles. The van der Waals surface area contributed by atoms with Gasteiger partial charge in [0.25, 0.3) is 0 Å². The number of rotatable bonds is 4. The van der Waals surface area contributed by atoms with E-state index in [-0.39, 0.29) is 30.1 Å². The third kappa shape index (κ3) is 4.36. The lowest BCUT2D eigenvalue weighted by atomic mass is 9.98. The predicted molar refractivity (Wildman–Crippen MR) is 79.2 cm³/mol. The predicted octanol–water partition coefficient (Wildman–Crippen LogP) is 1.69. The molecule has 0 spiro atoms. The zero-order valence-corrected chi connectivity index (χ0v) is 13.4. The monoisotopic (exact) mass is 373 g/mol. The molecule has 0 atom stereocenters. The van der Waals surface area contributed by atoms with Crippen LogP contribution in [0.25, 0.3) is 0 Å². The van der Waals surface area contributed by atoms with E-state index in [9.17, 15) is 21.6 Å². The van der Waals surface area contributed by atoms with Gasteiger partial charge in [0.1, 0.15) is 11.0 Å². The fraction of sp³-hybridized carbons (Fsp3) is 0.636. The van der Waals surface area contributed by atoms with Crippen LogP contribution in [0.1, 0.15) is 12.8 Å². The van der Waals surface area contributed by atoms with Crippen molar-refractivity contribution in [1.29, 1.82) is 0 Å². The maximum absolute atomic E-state index is 12.5. The zero-order chi connectivity index (χ0) is 17.3. The Balaban J connectivity index is 1.88. The lowest BCUT2D eigenvalue weighted by Crippen LogP contribution is -2.45. The summed E-state index contributed by atoms with van der Waals surface area (Å²) in [5, 5.41) is 3.15. The number of alkyl halides is 3. The molecule has 7 nitrogen and oxygen atoms in total. The third-order valence-corrected chi connectivity index (χ3v) is 5.31. The summed E-state index contributed by atoms with van der Waals surface area (Å²) in [5.74, 6) is 0.434. The average Bonchev–Trinajstić information content (AvgIpc) is 2.43. The van der Waals surface area contributed by atoms with Crippen molar-refractivity contribution in [1.82, 2.24) is 14.3 Å². The quantitative estimate of drug-likeness (QED) is 0.779. The Morgan fingerprint density at radius 2 is 1.96 bits per heavy atom. The fourth-order valence-electron chi connectivity index (χ4n) is 2.27. The summed E-state index contributed by atoms with van der Waals surface area (Å²) in [6, 6.07) is 1.47. The van der Waals surface area contributed by atoms with E-state index in [0.29, 0.717) is 29.5 Å². The zero-order valence-electron chi connectivity index (χ0n) is 11.8. The molecule has 23 heavy (non-hydrogen) atoms. The van der Waals surface area contributed by atoms with E-state index in [0.717, 1.165) is 0 Å². The molecule has 0 amide bonds.